The molecule has 0 N–H and O–H groups in total. The molecule has 0 fully saturated rings. The van der Waals surface area contributed by atoms with Gasteiger partial charge in [0.05, 0.1) is 13.5 Å². The van der Waals surface area contributed by atoms with Crippen LogP contribution in [0.5, 0.6) is 0 Å². The van der Waals surface area contributed by atoms with Crippen molar-refractivity contribution < 1.29 is 13.9 Å². The van der Waals surface area contributed by atoms with E-state index < -0.39 is 0 Å². The predicted molar refractivity (Wildman–Crippen MR) is 80.7 cm³/mol. The van der Waals surface area contributed by atoms with Gasteiger partial charge in [-0.15, -0.1) is 11.3 Å². The van der Waals surface area contributed by atoms with Crippen LogP contribution in [0.3, 0.4) is 0 Å². The molecule has 6 heteroatoms. The summed E-state index contributed by atoms with van der Waals surface area (Å²) < 4.78 is 11.4. The molecule has 4 nitrogen and oxygen atoms in total. The smallest absolute Gasteiger partial charge is 0.312 e. The molecule has 0 aliphatic rings. The molecular weight excluding hydrogens is 342 g/mol. The van der Waals surface area contributed by atoms with E-state index in [-0.39, 0.29) is 12.4 Å². The van der Waals surface area contributed by atoms with Crippen LogP contribution in [0, 0.1) is 0 Å². The average Bonchev–Trinajstić information content (AvgIpc) is 3.04. The first-order chi connectivity index (χ1) is 9.65. The molecule has 0 spiro atoms. The van der Waals surface area contributed by atoms with Crippen LogP contribution in [-0.2, 0) is 16.0 Å². The third-order valence-electron chi connectivity index (χ3n) is 2.81. The van der Waals surface area contributed by atoms with Crippen molar-refractivity contribution in [3.05, 3.63) is 39.1 Å². The quantitative estimate of drug-likeness (QED) is 0.668. The molecule has 0 unspecified atom stereocenters. The number of hydrogen-bond donors (Lipinski definition) is 0. The number of methoxy groups -OCH3 is 1. The molecular formula is C14H10BrNO3S. The van der Waals surface area contributed by atoms with E-state index >= 15 is 0 Å². The summed E-state index contributed by atoms with van der Waals surface area (Å²) in [4.78, 5) is 15.6. The first kappa shape index (κ1) is 13.3. The zero-order chi connectivity index (χ0) is 14.1. The predicted octanol–water partition coefficient (Wildman–Crippen LogP) is 4.03. The van der Waals surface area contributed by atoms with Crippen LogP contribution in [0.25, 0.3) is 22.4 Å². The highest BCUT2D eigenvalue weighted by Gasteiger charge is 2.12. The van der Waals surface area contributed by atoms with Gasteiger partial charge in [-0.1, -0.05) is 15.9 Å². The number of fused-ring (bicyclic) bond motifs is 1. The molecule has 0 atom stereocenters. The number of carbonyl (C=O) groups excluding carboxylic acids is 1. The van der Waals surface area contributed by atoms with Gasteiger partial charge in [-0.3, -0.25) is 4.79 Å². The maximum absolute atomic E-state index is 11.2. The Hall–Kier alpha value is -1.66. The Morgan fingerprint density at radius 3 is 3.10 bits per heavy atom. The summed E-state index contributed by atoms with van der Waals surface area (Å²) in [6, 6.07) is 7.77. The molecule has 0 radical (unpaired) electrons. The zero-order valence-corrected chi connectivity index (χ0v) is 13.0. The first-order valence-electron chi connectivity index (χ1n) is 5.86. The van der Waals surface area contributed by atoms with Crippen LogP contribution in [0.4, 0.5) is 0 Å². The second-order valence-corrected chi connectivity index (χ2v) is 6.03. The summed E-state index contributed by atoms with van der Waals surface area (Å²) in [6.07, 6.45) is 0.187. The van der Waals surface area contributed by atoms with E-state index in [9.17, 15) is 4.79 Å². The van der Waals surface area contributed by atoms with Crippen LogP contribution in [-0.4, -0.2) is 18.1 Å². The van der Waals surface area contributed by atoms with Crippen molar-refractivity contribution >= 4 is 44.2 Å². The summed E-state index contributed by atoms with van der Waals surface area (Å²) in [7, 11) is 1.37. The van der Waals surface area contributed by atoms with Crippen LogP contribution in [0.1, 0.15) is 5.01 Å². The number of furan rings is 1. The Morgan fingerprint density at radius 2 is 2.30 bits per heavy atom. The standard InChI is InChI=1S/C14H10BrNO3S/c1-18-14(17)6-13-16-10(7-20-13)12-5-8-4-9(15)2-3-11(8)19-12/h2-5,7H,6H2,1H3. The molecule has 0 bridgehead atoms. The van der Waals surface area contributed by atoms with Crippen molar-refractivity contribution in [1.82, 2.24) is 4.98 Å². The molecule has 102 valence electrons. The number of nitrogens with zero attached hydrogens (tertiary/aromatic N) is 1. The van der Waals surface area contributed by atoms with E-state index in [1.54, 1.807) is 0 Å². The van der Waals surface area contributed by atoms with Crippen LogP contribution >= 0.6 is 27.3 Å². The van der Waals surface area contributed by atoms with Crippen molar-refractivity contribution in [3.8, 4) is 11.5 Å². The van der Waals surface area contributed by atoms with E-state index in [4.69, 9.17) is 4.42 Å². The minimum atomic E-state index is -0.292. The highest BCUT2D eigenvalue weighted by atomic mass is 79.9. The number of benzene rings is 1. The lowest BCUT2D eigenvalue weighted by atomic mass is 10.2. The van der Waals surface area contributed by atoms with E-state index in [1.165, 1.54) is 18.4 Å². The Balaban J connectivity index is 1.92. The molecule has 0 aliphatic heterocycles. The monoisotopic (exact) mass is 351 g/mol. The van der Waals surface area contributed by atoms with Crippen LogP contribution < -0.4 is 0 Å². The van der Waals surface area contributed by atoms with Gasteiger partial charge >= 0.3 is 5.97 Å². The molecule has 0 aliphatic carbocycles. The fraction of sp³-hybridized carbons (Fsp3) is 0.143. The minimum absolute atomic E-state index is 0.187. The Bertz CT molecular complexity index is 778. The van der Waals surface area contributed by atoms with E-state index in [0.717, 1.165) is 21.1 Å². The zero-order valence-electron chi connectivity index (χ0n) is 10.6. The van der Waals surface area contributed by atoms with Gasteiger partial charge in [-0.05, 0) is 24.3 Å². The summed E-state index contributed by atoms with van der Waals surface area (Å²) in [5.41, 5.74) is 1.55. The van der Waals surface area contributed by atoms with Crippen LogP contribution in [0.15, 0.2) is 38.5 Å². The lowest BCUT2D eigenvalue weighted by molar-refractivity contribution is -0.139. The first-order valence-corrected chi connectivity index (χ1v) is 7.53. The third kappa shape index (κ3) is 2.62. The summed E-state index contributed by atoms with van der Waals surface area (Å²) in [5.74, 6) is 0.407. The maximum atomic E-state index is 11.2. The van der Waals surface area contributed by atoms with Gasteiger partial charge in [0.1, 0.15) is 16.3 Å². The van der Waals surface area contributed by atoms with E-state index in [2.05, 4.69) is 25.7 Å². The number of thiazole rings is 1. The van der Waals surface area contributed by atoms with E-state index in [0.29, 0.717) is 10.8 Å². The number of ether oxygens (including phenoxy) is 1. The molecule has 0 amide bonds. The number of hydrogen-bond acceptors (Lipinski definition) is 5. The normalized spacial score (nSPS) is 10.9. The highest BCUT2D eigenvalue weighted by molar-refractivity contribution is 9.10. The number of rotatable bonds is 3. The Labute approximate surface area is 127 Å². The van der Waals surface area contributed by atoms with Crippen molar-refractivity contribution in [1.29, 1.82) is 0 Å². The highest BCUT2D eigenvalue weighted by Crippen LogP contribution is 2.30. The van der Waals surface area contributed by atoms with Gasteiger partial charge in [0.25, 0.3) is 0 Å². The van der Waals surface area contributed by atoms with Crippen LogP contribution in [0.2, 0.25) is 0 Å². The summed E-state index contributed by atoms with van der Waals surface area (Å²) in [5, 5.41) is 3.61. The van der Waals surface area contributed by atoms with Gasteiger partial charge in [-0.2, -0.15) is 0 Å². The molecule has 20 heavy (non-hydrogen) atoms. The van der Waals surface area contributed by atoms with Gasteiger partial charge in [0, 0.05) is 15.2 Å². The Morgan fingerprint density at radius 1 is 1.45 bits per heavy atom. The number of carbonyl (C=O) groups is 1. The molecule has 0 saturated heterocycles. The summed E-state index contributed by atoms with van der Waals surface area (Å²) in [6.45, 7) is 0. The van der Waals surface area contributed by atoms with Gasteiger partial charge in [0.15, 0.2) is 5.76 Å². The topological polar surface area (TPSA) is 52.3 Å². The number of halogens is 1. The minimum Gasteiger partial charge on any atom is -0.469 e. The van der Waals surface area contributed by atoms with Crippen molar-refractivity contribution in [2.75, 3.05) is 7.11 Å². The maximum Gasteiger partial charge on any atom is 0.312 e. The molecule has 2 heterocycles. The van der Waals surface area contributed by atoms with E-state index in [1.807, 2.05) is 29.6 Å². The molecule has 0 saturated carbocycles. The van der Waals surface area contributed by atoms with Gasteiger partial charge < -0.3 is 9.15 Å². The van der Waals surface area contributed by atoms with Gasteiger partial charge in [0.2, 0.25) is 0 Å². The van der Waals surface area contributed by atoms with Crippen molar-refractivity contribution in [2.45, 2.75) is 6.42 Å². The molecule has 2 aromatic heterocycles. The Kier molecular flexibility index (Phi) is 3.58. The average molecular weight is 352 g/mol. The lowest BCUT2D eigenvalue weighted by Gasteiger charge is -1.93. The second kappa shape index (κ2) is 5.38. The van der Waals surface area contributed by atoms with Crippen molar-refractivity contribution in [2.24, 2.45) is 0 Å². The third-order valence-corrected chi connectivity index (χ3v) is 4.15. The van der Waals surface area contributed by atoms with Crippen molar-refractivity contribution in [3.63, 3.8) is 0 Å². The lowest BCUT2D eigenvalue weighted by Crippen LogP contribution is -2.03. The summed E-state index contributed by atoms with van der Waals surface area (Å²) >= 11 is 4.85. The molecule has 3 aromatic rings. The fourth-order valence-electron chi connectivity index (χ4n) is 1.84. The fourth-order valence-corrected chi connectivity index (χ4v) is 2.99. The van der Waals surface area contributed by atoms with Gasteiger partial charge in [-0.25, -0.2) is 4.98 Å². The number of aromatic nitrogens is 1. The second-order valence-electron chi connectivity index (χ2n) is 4.17. The molecule has 1 aromatic carbocycles. The molecule has 3 rings (SSSR count). The largest absolute Gasteiger partial charge is 0.469 e. The number of esters is 1. The SMILES string of the molecule is COC(=O)Cc1nc(-c2cc3cc(Br)ccc3o2)cs1.